The van der Waals surface area contributed by atoms with Crippen LogP contribution in [-0.4, -0.2) is 0 Å². The minimum atomic E-state index is 0.957. The minimum Gasteiger partial charge on any atom is -0.0654 e. The molecule has 1 rings (SSSR count). The van der Waals surface area contributed by atoms with E-state index in [9.17, 15) is 0 Å². The molecule has 0 amide bonds. The van der Waals surface area contributed by atoms with Crippen LogP contribution in [0.25, 0.3) is 0 Å². The van der Waals surface area contributed by atoms with E-state index in [0.717, 1.165) is 5.92 Å². The molecule has 1 aliphatic rings. The zero-order valence-corrected chi connectivity index (χ0v) is 9.23. The number of hydrogen-bond acceptors (Lipinski definition) is 0. The molecule has 77 valence electrons. The van der Waals surface area contributed by atoms with Crippen LogP contribution in [0.1, 0.15) is 71.1 Å². The Morgan fingerprint density at radius 2 is 1.46 bits per heavy atom. The SMILES string of the molecule is CCC[CH]C1CCCCCCCC1. The Labute approximate surface area is 84.1 Å². The van der Waals surface area contributed by atoms with Gasteiger partial charge in [0.2, 0.25) is 0 Å². The molecule has 0 nitrogen and oxygen atoms in total. The zero-order chi connectivity index (χ0) is 9.36. The third kappa shape index (κ3) is 5.33. The summed E-state index contributed by atoms with van der Waals surface area (Å²) in [5, 5.41) is 0. The fraction of sp³-hybridized carbons (Fsp3) is 0.923. The van der Waals surface area contributed by atoms with Crippen LogP contribution in [0.2, 0.25) is 0 Å². The van der Waals surface area contributed by atoms with Gasteiger partial charge in [-0.1, -0.05) is 71.1 Å². The van der Waals surface area contributed by atoms with E-state index in [2.05, 4.69) is 13.3 Å². The quantitative estimate of drug-likeness (QED) is 0.590. The van der Waals surface area contributed by atoms with Crippen molar-refractivity contribution in [3.63, 3.8) is 0 Å². The first-order chi connectivity index (χ1) is 6.43. The molecular formula is C13H25. The van der Waals surface area contributed by atoms with Gasteiger partial charge in [0.05, 0.1) is 0 Å². The monoisotopic (exact) mass is 181 g/mol. The van der Waals surface area contributed by atoms with Gasteiger partial charge in [0, 0.05) is 0 Å². The van der Waals surface area contributed by atoms with E-state index in [1.165, 1.54) is 64.2 Å². The highest BCUT2D eigenvalue weighted by Crippen LogP contribution is 2.24. The van der Waals surface area contributed by atoms with Crippen LogP contribution in [0, 0.1) is 12.3 Å². The van der Waals surface area contributed by atoms with Gasteiger partial charge in [-0.3, -0.25) is 0 Å². The standard InChI is InChI=1S/C13H25/c1-2-3-10-13-11-8-6-4-5-7-9-12-13/h10,13H,2-9,11-12H2,1H3. The molecule has 0 aromatic rings. The van der Waals surface area contributed by atoms with Crippen LogP contribution < -0.4 is 0 Å². The fourth-order valence-corrected chi connectivity index (χ4v) is 2.30. The molecule has 0 bridgehead atoms. The molecule has 0 aromatic carbocycles. The van der Waals surface area contributed by atoms with Gasteiger partial charge < -0.3 is 0 Å². The van der Waals surface area contributed by atoms with E-state index in [4.69, 9.17) is 0 Å². The van der Waals surface area contributed by atoms with Crippen LogP contribution in [0.4, 0.5) is 0 Å². The highest BCUT2D eigenvalue weighted by atomic mass is 14.1. The molecule has 0 N–H and O–H groups in total. The third-order valence-electron chi connectivity index (χ3n) is 3.19. The number of hydrogen-bond donors (Lipinski definition) is 0. The van der Waals surface area contributed by atoms with Crippen molar-refractivity contribution in [1.29, 1.82) is 0 Å². The molecule has 1 fully saturated rings. The summed E-state index contributed by atoms with van der Waals surface area (Å²) >= 11 is 0. The van der Waals surface area contributed by atoms with Gasteiger partial charge in [-0.05, 0) is 12.3 Å². The molecule has 0 heteroatoms. The van der Waals surface area contributed by atoms with Gasteiger partial charge in [-0.2, -0.15) is 0 Å². The lowest BCUT2D eigenvalue weighted by Gasteiger charge is -2.14. The van der Waals surface area contributed by atoms with E-state index in [1.54, 1.807) is 0 Å². The summed E-state index contributed by atoms with van der Waals surface area (Å²) in [6, 6.07) is 0. The van der Waals surface area contributed by atoms with Crippen LogP contribution in [0.5, 0.6) is 0 Å². The molecule has 1 radical (unpaired) electrons. The molecule has 0 aromatic heterocycles. The third-order valence-corrected chi connectivity index (χ3v) is 3.19. The lowest BCUT2D eigenvalue weighted by molar-refractivity contribution is 0.466. The Kier molecular flexibility index (Phi) is 6.31. The van der Waals surface area contributed by atoms with Gasteiger partial charge >= 0.3 is 0 Å². The van der Waals surface area contributed by atoms with Crippen molar-refractivity contribution in [3.8, 4) is 0 Å². The summed E-state index contributed by atoms with van der Waals surface area (Å²) in [6.45, 7) is 2.28. The minimum absolute atomic E-state index is 0.957. The van der Waals surface area contributed by atoms with E-state index < -0.39 is 0 Å². The second-order valence-corrected chi connectivity index (χ2v) is 4.48. The van der Waals surface area contributed by atoms with Crippen LogP contribution in [0.15, 0.2) is 0 Å². The predicted octanol–water partition coefficient (Wildman–Crippen LogP) is 4.74. The molecule has 0 atom stereocenters. The van der Waals surface area contributed by atoms with Crippen LogP contribution in [0.3, 0.4) is 0 Å². The average molecular weight is 181 g/mol. The highest BCUT2D eigenvalue weighted by molar-refractivity contribution is 4.76. The second-order valence-electron chi connectivity index (χ2n) is 4.48. The van der Waals surface area contributed by atoms with Gasteiger partial charge in [0.25, 0.3) is 0 Å². The van der Waals surface area contributed by atoms with Gasteiger partial charge in [-0.15, -0.1) is 0 Å². The largest absolute Gasteiger partial charge is 0.0654 e. The maximum Gasteiger partial charge on any atom is -0.0355 e. The first kappa shape index (κ1) is 11.1. The first-order valence-corrected chi connectivity index (χ1v) is 6.27. The Bertz CT molecular complexity index is 96.6. The molecule has 0 saturated heterocycles. The van der Waals surface area contributed by atoms with E-state index >= 15 is 0 Å². The van der Waals surface area contributed by atoms with Gasteiger partial charge in [-0.25, -0.2) is 0 Å². The lowest BCUT2D eigenvalue weighted by atomic mass is 9.92. The molecule has 1 saturated carbocycles. The Morgan fingerprint density at radius 3 is 2.00 bits per heavy atom. The fourth-order valence-electron chi connectivity index (χ4n) is 2.30. The average Bonchev–Trinajstić information content (AvgIpc) is 2.28. The highest BCUT2D eigenvalue weighted by Gasteiger charge is 2.09. The van der Waals surface area contributed by atoms with E-state index in [0.29, 0.717) is 0 Å². The van der Waals surface area contributed by atoms with E-state index in [-0.39, 0.29) is 0 Å². The van der Waals surface area contributed by atoms with Crippen molar-refractivity contribution in [1.82, 2.24) is 0 Å². The predicted molar refractivity (Wildman–Crippen MR) is 59.6 cm³/mol. The van der Waals surface area contributed by atoms with Crippen molar-refractivity contribution in [3.05, 3.63) is 6.42 Å². The molecule has 0 spiro atoms. The zero-order valence-electron chi connectivity index (χ0n) is 9.23. The Hall–Kier alpha value is 0. The van der Waals surface area contributed by atoms with E-state index in [1.807, 2.05) is 0 Å². The second kappa shape index (κ2) is 7.41. The maximum absolute atomic E-state index is 2.59. The van der Waals surface area contributed by atoms with Crippen LogP contribution >= 0.6 is 0 Å². The van der Waals surface area contributed by atoms with Crippen LogP contribution in [-0.2, 0) is 0 Å². The summed E-state index contributed by atoms with van der Waals surface area (Å²) in [5.74, 6) is 0.957. The molecule has 0 unspecified atom stereocenters. The number of rotatable bonds is 3. The van der Waals surface area contributed by atoms with Crippen molar-refractivity contribution < 1.29 is 0 Å². The molecule has 0 aliphatic heterocycles. The van der Waals surface area contributed by atoms with Crippen molar-refractivity contribution in [2.45, 2.75) is 71.1 Å². The van der Waals surface area contributed by atoms with Crippen molar-refractivity contribution in [2.75, 3.05) is 0 Å². The molecule has 0 heterocycles. The maximum atomic E-state index is 2.59. The van der Waals surface area contributed by atoms with Gasteiger partial charge in [0.15, 0.2) is 0 Å². The smallest absolute Gasteiger partial charge is 0.0355 e. The van der Waals surface area contributed by atoms with Crippen molar-refractivity contribution >= 4 is 0 Å². The van der Waals surface area contributed by atoms with Gasteiger partial charge in [0.1, 0.15) is 0 Å². The number of unbranched alkanes of at least 4 members (excludes halogenated alkanes) is 1. The summed E-state index contributed by atoms with van der Waals surface area (Å²) in [7, 11) is 0. The molecule has 13 heavy (non-hydrogen) atoms. The molecular weight excluding hydrogens is 156 g/mol. The summed E-state index contributed by atoms with van der Waals surface area (Å²) in [4.78, 5) is 0. The lowest BCUT2D eigenvalue weighted by Crippen LogP contribution is -2.00. The molecule has 1 aliphatic carbocycles. The Balaban J connectivity index is 2.16. The Morgan fingerprint density at radius 1 is 0.923 bits per heavy atom. The summed E-state index contributed by atoms with van der Waals surface area (Å²) in [5.41, 5.74) is 0. The van der Waals surface area contributed by atoms with Crippen molar-refractivity contribution in [2.24, 2.45) is 5.92 Å². The normalized spacial score (nSPS) is 21.9. The summed E-state index contributed by atoms with van der Waals surface area (Å²) in [6.07, 6.45) is 17.1. The first-order valence-electron chi connectivity index (χ1n) is 6.27. The summed E-state index contributed by atoms with van der Waals surface area (Å²) < 4.78 is 0. The topological polar surface area (TPSA) is 0 Å².